The molecule has 194 valence electrons. The van der Waals surface area contributed by atoms with Crippen LogP contribution in [0.3, 0.4) is 0 Å². The van der Waals surface area contributed by atoms with E-state index in [9.17, 15) is 9.32 Å². The number of hydrogen-bond acceptors (Lipinski definition) is 8. The molecule has 2 heterocycles. The lowest BCUT2D eigenvalue weighted by Gasteiger charge is -2.28. The topological polar surface area (TPSA) is 120 Å². The van der Waals surface area contributed by atoms with Crippen molar-refractivity contribution in [2.24, 2.45) is 4.36 Å². The van der Waals surface area contributed by atoms with Crippen molar-refractivity contribution in [1.29, 1.82) is 0 Å². The number of aliphatic hydroxyl groups excluding tert-OH is 1. The number of aromatic nitrogens is 2. The first-order valence-corrected chi connectivity index (χ1v) is 13.2. The molecule has 4 aromatic rings. The van der Waals surface area contributed by atoms with Crippen LogP contribution in [0.2, 0.25) is 0 Å². The third-order valence-corrected chi connectivity index (χ3v) is 7.66. The molecule has 0 aliphatic heterocycles. The number of nitrogens with one attached hydrogen (secondary N) is 1. The molecule has 1 unspecified atom stereocenters. The molecule has 0 spiro atoms. The average Bonchev–Trinajstić information content (AvgIpc) is 2.92. The van der Waals surface area contributed by atoms with E-state index in [0.29, 0.717) is 16.3 Å². The van der Waals surface area contributed by atoms with Crippen molar-refractivity contribution in [2.75, 3.05) is 26.1 Å². The fourth-order valence-corrected chi connectivity index (χ4v) is 5.51. The van der Waals surface area contributed by atoms with Crippen LogP contribution in [0.1, 0.15) is 25.5 Å². The molecule has 0 fully saturated rings. The Hall–Kier alpha value is -3.73. The van der Waals surface area contributed by atoms with Gasteiger partial charge in [0.1, 0.15) is 11.3 Å². The summed E-state index contributed by atoms with van der Waals surface area (Å²) in [5.41, 5.74) is 3.15. The highest BCUT2D eigenvalue weighted by atomic mass is 32.2. The number of fused-ring (bicyclic) bond motifs is 1. The van der Waals surface area contributed by atoms with Crippen molar-refractivity contribution >= 4 is 32.2 Å². The van der Waals surface area contributed by atoms with E-state index in [2.05, 4.69) is 24.4 Å². The summed E-state index contributed by atoms with van der Waals surface area (Å²) in [6.45, 7) is 3.48. The van der Waals surface area contributed by atoms with Crippen LogP contribution in [0, 0.1) is 0 Å². The summed E-state index contributed by atoms with van der Waals surface area (Å²) in [5.74, 6) is 1.18. The molecule has 3 atom stereocenters. The number of benzene rings is 2. The van der Waals surface area contributed by atoms with Crippen LogP contribution >= 0.6 is 0 Å². The maximum absolute atomic E-state index is 14.0. The number of methoxy groups -OCH3 is 2. The van der Waals surface area contributed by atoms with E-state index in [0.717, 1.165) is 28.1 Å². The number of hydrogen-bond donors (Lipinski definition) is 2. The zero-order valence-electron chi connectivity index (χ0n) is 21.2. The lowest BCUT2D eigenvalue weighted by atomic mass is 10.1. The van der Waals surface area contributed by atoms with Gasteiger partial charge in [0.2, 0.25) is 5.88 Å². The molecule has 4 rings (SSSR count). The molecule has 2 N–H and O–H groups in total. The van der Waals surface area contributed by atoms with Gasteiger partial charge in [-0.3, -0.25) is 9.19 Å². The molecule has 2 aromatic carbocycles. The molecule has 2 aromatic heterocycles. The third kappa shape index (κ3) is 6.16. The van der Waals surface area contributed by atoms with Crippen molar-refractivity contribution in [3.8, 4) is 11.6 Å². The van der Waals surface area contributed by atoms with Gasteiger partial charge in [0.05, 0.1) is 20.3 Å². The molecule has 0 amide bonds. The second-order valence-electron chi connectivity index (χ2n) is 8.44. The summed E-state index contributed by atoms with van der Waals surface area (Å²) in [6, 6.07) is 17.9. The van der Waals surface area contributed by atoms with E-state index in [1.807, 2.05) is 55.5 Å². The fraction of sp³-hybridized carbons (Fsp3) is 0.259. The molecule has 0 aliphatic carbocycles. The number of pyridine rings is 2. The van der Waals surface area contributed by atoms with Gasteiger partial charge in [0.15, 0.2) is 0 Å². The minimum absolute atomic E-state index is 0.0105. The quantitative estimate of drug-likeness (QED) is 0.277. The second-order valence-corrected chi connectivity index (χ2v) is 10.4. The molecule has 0 radical (unpaired) electrons. The molecule has 0 saturated heterocycles. The van der Waals surface area contributed by atoms with E-state index in [1.165, 1.54) is 0 Å². The van der Waals surface area contributed by atoms with Gasteiger partial charge in [-0.15, -0.1) is 6.54 Å². The molecule has 37 heavy (non-hydrogen) atoms. The Morgan fingerprint density at radius 1 is 0.973 bits per heavy atom. The minimum Gasteiger partial charge on any atom is -0.561 e. The molecule has 0 saturated carbocycles. The van der Waals surface area contributed by atoms with Crippen LogP contribution in [-0.4, -0.2) is 46.2 Å². The summed E-state index contributed by atoms with van der Waals surface area (Å²) in [7, 11) is 0.000934. The molecule has 10 heteroatoms. The number of ether oxygens (including phenoxy) is 2. The maximum atomic E-state index is 14.0. The van der Waals surface area contributed by atoms with Gasteiger partial charge < -0.3 is 24.6 Å². The summed E-state index contributed by atoms with van der Waals surface area (Å²) >= 11 is 0. The molecule has 0 bridgehead atoms. The normalized spacial score (nSPS) is 14.4. The predicted octanol–water partition coefficient (Wildman–Crippen LogP) is 5.65. The predicted molar refractivity (Wildman–Crippen MR) is 146 cm³/mol. The Labute approximate surface area is 217 Å². The van der Waals surface area contributed by atoms with E-state index in [1.54, 1.807) is 45.7 Å². The lowest BCUT2D eigenvalue weighted by Crippen LogP contribution is -2.11. The highest BCUT2D eigenvalue weighted by molar-refractivity contribution is 7.96. The molecular formula is C27H30N5O4S-. The number of nitrogens with zero attached hydrogens (tertiary/aromatic N) is 4. The average molecular weight is 521 g/mol. The van der Waals surface area contributed by atoms with Crippen LogP contribution < -0.4 is 14.8 Å². The van der Waals surface area contributed by atoms with Crippen molar-refractivity contribution in [1.82, 2.24) is 9.97 Å². The first-order chi connectivity index (χ1) is 17.8. The SMILES string of the molecule is COc1ccc([C@@H](C)N=S(=O)([N-]C[C@@H](C)O)c2ccc(Nc3ccnc4c(OC)nccc34)cc2)cc1. The van der Waals surface area contributed by atoms with Gasteiger partial charge in [0.25, 0.3) is 0 Å². The largest absolute Gasteiger partial charge is 0.561 e. The Balaban J connectivity index is 1.64. The molecular weight excluding hydrogens is 490 g/mol. The van der Waals surface area contributed by atoms with Gasteiger partial charge in [-0.2, -0.15) is 0 Å². The van der Waals surface area contributed by atoms with Crippen LogP contribution in [-0.2, 0) is 9.92 Å². The number of anilines is 2. The minimum atomic E-state index is -3.16. The van der Waals surface area contributed by atoms with Crippen molar-refractivity contribution in [3.63, 3.8) is 0 Å². The van der Waals surface area contributed by atoms with E-state index < -0.39 is 16.0 Å². The van der Waals surface area contributed by atoms with Gasteiger partial charge >= 0.3 is 0 Å². The van der Waals surface area contributed by atoms with Gasteiger partial charge in [-0.25, -0.2) is 9.35 Å². The van der Waals surface area contributed by atoms with Gasteiger partial charge in [-0.05, 0) is 77.9 Å². The summed E-state index contributed by atoms with van der Waals surface area (Å²) in [4.78, 5) is 9.05. The van der Waals surface area contributed by atoms with Gasteiger partial charge in [0, 0.05) is 40.2 Å². The highest BCUT2D eigenvalue weighted by Gasteiger charge is 2.11. The Morgan fingerprint density at radius 3 is 2.32 bits per heavy atom. The second kappa shape index (κ2) is 11.5. The standard InChI is InChI=1S/C27H30N5O4S/c1-18(33)17-30-37(34,32-19(2)20-5-9-22(35-3)10-6-20)23-11-7-21(8-12-23)31-25-14-16-28-26-24(25)13-15-29-27(26)36-4/h5-16,18-19,33H,17H2,1-4H3,(H-,28,30,31,32,34)/q-1/t18-,19-,37?/m1/s1. The summed E-state index contributed by atoms with van der Waals surface area (Å²) in [6.07, 6.45) is 2.62. The van der Waals surface area contributed by atoms with Crippen molar-refractivity contribution in [2.45, 2.75) is 30.9 Å². The van der Waals surface area contributed by atoms with E-state index >= 15 is 0 Å². The summed E-state index contributed by atoms with van der Waals surface area (Å²) in [5, 5.41) is 14.0. The van der Waals surface area contributed by atoms with Gasteiger partial charge in [-0.1, -0.05) is 12.1 Å². The highest BCUT2D eigenvalue weighted by Crippen LogP contribution is 2.31. The third-order valence-electron chi connectivity index (χ3n) is 5.67. The van der Waals surface area contributed by atoms with Crippen molar-refractivity contribution in [3.05, 3.63) is 83.3 Å². The Bertz CT molecular complexity index is 1470. The fourth-order valence-electron chi connectivity index (χ4n) is 3.72. The smallest absolute Gasteiger partial charge is 0.240 e. The number of rotatable bonds is 10. The first kappa shape index (κ1) is 26.3. The van der Waals surface area contributed by atoms with Crippen molar-refractivity contribution < 1.29 is 18.8 Å². The number of aliphatic hydroxyl groups is 1. The van der Waals surface area contributed by atoms with Crippen LogP contribution in [0.4, 0.5) is 11.4 Å². The first-order valence-electron chi connectivity index (χ1n) is 11.7. The van der Waals surface area contributed by atoms with Crippen LogP contribution in [0.25, 0.3) is 15.6 Å². The maximum Gasteiger partial charge on any atom is 0.240 e. The van der Waals surface area contributed by atoms with E-state index in [-0.39, 0.29) is 12.6 Å². The van der Waals surface area contributed by atoms with E-state index in [4.69, 9.17) is 9.47 Å². The molecule has 9 nitrogen and oxygen atoms in total. The summed E-state index contributed by atoms with van der Waals surface area (Å²) < 4.78 is 33.5. The van der Waals surface area contributed by atoms with Crippen LogP contribution in [0.15, 0.2) is 82.3 Å². The Morgan fingerprint density at radius 2 is 1.68 bits per heavy atom. The zero-order chi connectivity index (χ0) is 26.4. The zero-order valence-corrected chi connectivity index (χ0v) is 22.0. The lowest BCUT2D eigenvalue weighted by molar-refractivity contribution is 0.211. The monoisotopic (exact) mass is 520 g/mol. The molecule has 0 aliphatic rings. The Kier molecular flexibility index (Phi) is 8.22. The van der Waals surface area contributed by atoms with Crippen LogP contribution in [0.5, 0.6) is 11.6 Å².